The van der Waals surface area contributed by atoms with Gasteiger partial charge in [-0.3, -0.25) is 0 Å². The maximum absolute atomic E-state index is 13.1. The van der Waals surface area contributed by atoms with Gasteiger partial charge in [0.15, 0.2) is 0 Å². The van der Waals surface area contributed by atoms with Crippen molar-refractivity contribution in [2.45, 2.75) is 18.9 Å². The first kappa shape index (κ1) is 12.0. The summed E-state index contributed by atoms with van der Waals surface area (Å²) in [7, 11) is 1.34. The van der Waals surface area contributed by atoms with Crippen molar-refractivity contribution in [2.75, 3.05) is 13.7 Å². The van der Waals surface area contributed by atoms with Gasteiger partial charge in [0.2, 0.25) is 0 Å². The van der Waals surface area contributed by atoms with E-state index in [1.807, 2.05) is 0 Å². The second-order valence-corrected chi connectivity index (χ2v) is 4.36. The minimum Gasteiger partial charge on any atom is -0.468 e. The highest BCUT2D eigenvalue weighted by molar-refractivity contribution is 5.77. The van der Waals surface area contributed by atoms with Gasteiger partial charge in [-0.15, -0.1) is 0 Å². The van der Waals surface area contributed by atoms with E-state index >= 15 is 0 Å². The van der Waals surface area contributed by atoms with Gasteiger partial charge >= 0.3 is 5.97 Å². The molecule has 0 bridgehead atoms. The van der Waals surface area contributed by atoms with Crippen molar-refractivity contribution in [3.8, 4) is 0 Å². The summed E-state index contributed by atoms with van der Waals surface area (Å²) < 4.78 is 17.9. The molecule has 17 heavy (non-hydrogen) atoms. The molecular weight excluding hydrogens is 221 g/mol. The molecule has 1 aliphatic rings. The maximum atomic E-state index is 13.1. The maximum Gasteiger partial charge on any atom is 0.327 e. The molecule has 1 unspecified atom stereocenters. The average molecular weight is 237 g/mol. The third-order valence-electron chi connectivity index (χ3n) is 2.93. The number of methoxy groups -OCH3 is 1. The molecule has 0 aliphatic heterocycles. The molecule has 1 fully saturated rings. The van der Waals surface area contributed by atoms with Gasteiger partial charge in [0.25, 0.3) is 0 Å². The number of esters is 1. The second-order valence-electron chi connectivity index (χ2n) is 4.36. The zero-order chi connectivity index (χ0) is 12.3. The first-order valence-electron chi connectivity index (χ1n) is 5.77. The largest absolute Gasteiger partial charge is 0.468 e. The molecule has 0 aromatic heterocycles. The molecule has 0 saturated heterocycles. The Kier molecular flexibility index (Phi) is 3.74. The molecule has 0 radical (unpaired) electrons. The molecule has 4 heteroatoms. The highest BCUT2D eigenvalue weighted by Crippen LogP contribution is 2.28. The van der Waals surface area contributed by atoms with E-state index in [4.69, 9.17) is 4.74 Å². The summed E-state index contributed by atoms with van der Waals surface area (Å²) in [4.78, 5) is 11.6. The minimum absolute atomic E-state index is 0.343. The van der Waals surface area contributed by atoms with E-state index in [1.54, 1.807) is 12.1 Å². The van der Waals surface area contributed by atoms with Crippen LogP contribution in [-0.4, -0.2) is 19.6 Å². The summed E-state index contributed by atoms with van der Waals surface area (Å²) in [5, 5.41) is 3.13. The van der Waals surface area contributed by atoms with Crippen molar-refractivity contribution in [1.82, 2.24) is 5.32 Å². The highest BCUT2D eigenvalue weighted by atomic mass is 19.1. The van der Waals surface area contributed by atoms with Gasteiger partial charge < -0.3 is 10.1 Å². The van der Waals surface area contributed by atoms with Gasteiger partial charge in [0.1, 0.15) is 11.9 Å². The fourth-order valence-electron chi connectivity index (χ4n) is 1.75. The van der Waals surface area contributed by atoms with E-state index in [0.29, 0.717) is 11.5 Å². The van der Waals surface area contributed by atoms with E-state index in [2.05, 4.69) is 5.32 Å². The highest BCUT2D eigenvalue weighted by Gasteiger charge is 2.26. The molecule has 1 atom stereocenters. The van der Waals surface area contributed by atoms with Crippen LogP contribution >= 0.6 is 0 Å². The van der Waals surface area contributed by atoms with Crippen LogP contribution in [0.15, 0.2) is 24.3 Å². The predicted molar refractivity (Wildman–Crippen MR) is 61.9 cm³/mol. The fourth-order valence-corrected chi connectivity index (χ4v) is 1.75. The molecule has 1 N–H and O–H groups in total. The van der Waals surface area contributed by atoms with Crippen molar-refractivity contribution < 1.29 is 13.9 Å². The first-order chi connectivity index (χ1) is 8.20. The van der Waals surface area contributed by atoms with Crippen molar-refractivity contribution >= 4 is 5.97 Å². The quantitative estimate of drug-likeness (QED) is 0.796. The minimum atomic E-state index is -0.573. The molecule has 0 heterocycles. The Bertz CT molecular complexity index is 404. The monoisotopic (exact) mass is 237 g/mol. The normalized spacial score (nSPS) is 16.6. The lowest BCUT2D eigenvalue weighted by atomic mass is 10.1. The number of hydrogen-bond acceptors (Lipinski definition) is 3. The van der Waals surface area contributed by atoms with Crippen LogP contribution in [0.5, 0.6) is 0 Å². The molecule has 1 saturated carbocycles. The van der Waals surface area contributed by atoms with Crippen LogP contribution in [0.1, 0.15) is 24.4 Å². The van der Waals surface area contributed by atoms with Crippen LogP contribution in [0.25, 0.3) is 0 Å². The topological polar surface area (TPSA) is 38.3 Å². The molecule has 1 aromatic rings. The van der Waals surface area contributed by atoms with Gasteiger partial charge in [-0.2, -0.15) is 0 Å². The van der Waals surface area contributed by atoms with Gasteiger partial charge in [0.05, 0.1) is 7.11 Å². The van der Waals surface area contributed by atoms with Gasteiger partial charge in [0, 0.05) is 0 Å². The van der Waals surface area contributed by atoms with E-state index < -0.39 is 6.04 Å². The van der Waals surface area contributed by atoms with Crippen LogP contribution in [0.4, 0.5) is 4.39 Å². The van der Waals surface area contributed by atoms with Gasteiger partial charge in [-0.1, -0.05) is 12.1 Å². The Hall–Kier alpha value is -1.42. The molecule has 1 aliphatic carbocycles. The van der Waals surface area contributed by atoms with Crippen LogP contribution in [-0.2, 0) is 9.53 Å². The Balaban J connectivity index is 2.09. The molecule has 3 nitrogen and oxygen atoms in total. The zero-order valence-corrected chi connectivity index (χ0v) is 9.78. The lowest BCUT2D eigenvalue weighted by Crippen LogP contribution is -2.31. The lowest BCUT2D eigenvalue weighted by molar-refractivity contribution is -0.143. The van der Waals surface area contributed by atoms with Gasteiger partial charge in [-0.05, 0) is 43.0 Å². The predicted octanol–water partition coefficient (Wildman–Crippen LogP) is 2.04. The molecule has 0 spiro atoms. The number of nitrogens with one attached hydrogen (secondary N) is 1. The Morgan fingerprint density at radius 3 is 2.94 bits per heavy atom. The molecular formula is C13H16FNO2. The Morgan fingerprint density at radius 2 is 2.35 bits per heavy atom. The summed E-state index contributed by atoms with van der Waals surface area (Å²) >= 11 is 0. The van der Waals surface area contributed by atoms with Crippen LogP contribution in [0.3, 0.4) is 0 Å². The van der Waals surface area contributed by atoms with Crippen LogP contribution < -0.4 is 5.32 Å². The van der Waals surface area contributed by atoms with Crippen molar-refractivity contribution in [3.05, 3.63) is 35.6 Å². The Labute approximate surface area is 100.0 Å². The summed E-state index contributed by atoms with van der Waals surface area (Å²) in [5.41, 5.74) is 0.609. The third-order valence-corrected chi connectivity index (χ3v) is 2.93. The van der Waals surface area contributed by atoms with Crippen molar-refractivity contribution in [3.63, 3.8) is 0 Å². The summed E-state index contributed by atoms with van der Waals surface area (Å²) in [6.45, 7) is 0.774. The van der Waals surface area contributed by atoms with Crippen LogP contribution in [0, 0.1) is 11.7 Å². The van der Waals surface area contributed by atoms with Gasteiger partial charge in [-0.25, -0.2) is 9.18 Å². The number of benzene rings is 1. The number of hydrogen-bond donors (Lipinski definition) is 1. The molecule has 1 aromatic carbocycles. The molecule has 0 amide bonds. The number of rotatable bonds is 5. The average Bonchev–Trinajstić information content (AvgIpc) is 3.13. The van der Waals surface area contributed by atoms with E-state index in [9.17, 15) is 9.18 Å². The SMILES string of the molecule is COC(=O)C(NCC1CC1)c1cccc(F)c1. The first-order valence-corrected chi connectivity index (χ1v) is 5.77. The van der Waals surface area contributed by atoms with Crippen molar-refractivity contribution in [2.24, 2.45) is 5.92 Å². The van der Waals surface area contributed by atoms with E-state index in [-0.39, 0.29) is 11.8 Å². The summed E-state index contributed by atoms with van der Waals surface area (Å²) in [6, 6.07) is 5.47. The molecule has 92 valence electrons. The zero-order valence-electron chi connectivity index (χ0n) is 9.78. The van der Waals surface area contributed by atoms with E-state index in [1.165, 1.54) is 32.1 Å². The Morgan fingerprint density at radius 1 is 1.59 bits per heavy atom. The van der Waals surface area contributed by atoms with Crippen LogP contribution in [0.2, 0.25) is 0 Å². The molecule has 2 rings (SSSR count). The van der Waals surface area contributed by atoms with E-state index in [0.717, 1.165) is 6.54 Å². The number of carbonyl (C=O) groups excluding carboxylic acids is 1. The van der Waals surface area contributed by atoms with Crippen molar-refractivity contribution in [1.29, 1.82) is 0 Å². The number of halogens is 1. The third kappa shape index (κ3) is 3.27. The number of ether oxygens (including phenoxy) is 1. The second kappa shape index (κ2) is 5.27. The standard InChI is InChI=1S/C13H16FNO2/c1-17-13(16)12(15-8-9-5-6-9)10-3-2-4-11(14)7-10/h2-4,7,9,12,15H,5-6,8H2,1H3. The number of carbonyl (C=O) groups is 1. The fraction of sp³-hybridized carbons (Fsp3) is 0.462. The smallest absolute Gasteiger partial charge is 0.327 e. The lowest BCUT2D eigenvalue weighted by Gasteiger charge is -2.16. The summed E-state index contributed by atoms with van der Waals surface area (Å²) in [6.07, 6.45) is 2.40. The summed E-state index contributed by atoms with van der Waals surface area (Å²) in [5.74, 6) is -0.0726.